The fraction of sp³-hybridized carbons (Fsp3) is 0. The average Bonchev–Trinajstić information content (AvgIpc) is 3.82. The summed E-state index contributed by atoms with van der Waals surface area (Å²) in [5, 5.41) is 7.73. The Balaban J connectivity index is 1.08. The van der Waals surface area contributed by atoms with E-state index in [-0.39, 0.29) is 0 Å². The second-order valence-corrected chi connectivity index (χ2v) is 14.8. The predicted octanol–water partition coefficient (Wildman–Crippen LogP) is 13.6. The quantitative estimate of drug-likeness (QED) is 0.174. The van der Waals surface area contributed by atoms with Crippen LogP contribution in [-0.2, 0) is 0 Å². The summed E-state index contributed by atoms with van der Waals surface area (Å²) >= 11 is 1.87. The monoisotopic (exact) mass is 664 g/mol. The van der Waals surface area contributed by atoms with Crippen molar-refractivity contribution in [3.8, 4) is 44.8 Å². The fourth-order valence-corrected chi connectivity index (χ4v) is 9.94. The fourth-order valence-electron chi connectivity index (χ4n) is 8.85. The van der Waals surface area contributed by atoms with Crippen molar-refractivity contribution in [1.82, 2.24) is 9.13 Å². The van der Waals surface area contributed by atoms with Crippen LogP contribution in [0.4, 0.5) is 0 Å². The lowest BCUT2D eigenvalue weighted by atomic mass is 9.93. The number of rotatable bonds is 2. The highest BCUT2D eigenvalue weighted by Crippen LogP contribution is 2.47. The Hall–Kier alpha value is -6.42. The normalized spacial score (nSPS) is 12.3. The maximum absolute atomic E-state index is 2.49. The van der Waals surface area contributed by atoms with Crippen LogP contribution in [0.1, 0.15) is 0 Å². The van der Waals surface area contributed by atoms with Crippen molar-refractivity contribution in [3.63, 3.8) is 0 Å². The summed E-state index contributed by atoms with van der Waals surface area (Å²) in [4.78, 5) is 0. The zero-order chi connectivity index (χ0) is 33.2. The molecule has 0 fully saturated rings. The second kappa shape index (κ2) is 10.1. The van der Waals surface area contributed by atoms with E-state index in [0.29, 0.717) is 0 Å². The van der Waals surface area contributed by atoms with Gasteiger partial charge >= 0.3 is 0 Å². The van der Waals surface area contributed by atoms with Gasteiger partial charge in [-0.15, -0.1) is 11.3 Å². The molecule has 0 unspecified atom stereocenters. The third-order valence-corrected chi connectivity index (χ3v) is 12.2. The van der Waals surface area contributed by atoms with Crippen LogP contribution in [0.25, 0.3) is 109 Å². The minimum absolute atomic E-state index is 1.19. The number of hydrogen-bond donors (Lipinski definition) is 0. The maximum Gasteiger partial charge on any atom is 0.0619 e. The number of hydrogen-bond acceptors (Lipinski definition) is 1. The number of aromatic nitrogens is 2. The predicted molar refractivity (Wildman–Crippen MR) is 218 cm³/mol. The van der Waals surface area contributed by atoms with Gasteiger partial charge in [0.05, 0.1) is 27.8 Å². The van der Waals surface area contributed by atoms with Crippen molar-refractivity contribution in [2.45, 2.75) is 0 Å². The van der Waals surface area contributed by atoms with E-state index in [1.165, 1.54) is 109 Å². The molecule has 236 valence electrons. The van der Waals surface area contributed by atoms with Crippen LogP contribution in [0.2, 0.25) is 0 Å². The SMILES string of the molecule is c1ccc2c(c1)-c1ccccc1-n1c3ccc(-c4ccc5c(c4)c4ccccc4n5-c4ccc5sc6ccccc6c5c4)cc3c3cccc-2c31. The van der Waals surface area contributed by atoms with Crippen molar-refractivity contribution < 1.29 is 0 Å². The number of thiophene rings is 1. The molecular formula is C48H28N2S. The van der Waals surface area contributed by atoms with Crippen LogP contribution in [0.3, 0.4) is 0 Å². The van der Waals surface area contributed by atoms with E-state index in [1.54, 1.807) is 0 Å². The molecule has 51 heavy (non-hydrogen) atoms. The molecule has 0 amide bonds. The molecule has 0 spiro atoms. The molecule has 11 aromatic rings. The molecule has 0 N–H and O–H groups in total. The summed E-state index contributed by atoms with van der Waals surface area (Å²) in [6.45, 7) is 0. The number of para-hydroxylation sites is 3. The Labute approximate surface area is 297 Å². The molecule has 0 bridgehead atoms. The van der Waals surface area contributed by atoms with Gasteiger partial charge < -0.3 is 9.13 Å². The van der Waals surface area contributed by atoms with Gasteiger partial charge in [-0.25, -0.2) is 0 Å². The Morgan fingerprint density at radius 2 is 0.922 bits per heavy atom. The zero-order valence-corrected chi connectivity index (χ0v) is 28.3. The zero-order valence-electron chi connectivity index (χ0n) is 27.5. The summed E-state index contributed by atoms with van der Waals surface area (Å²) in [7, 11) is 0. The van der Waals surface area contributed by atoms with Crippen molar-refractivity contribution >= 4 is 75.1 Å². The number of nitrogens with zero attached hydrogens (tertiary/aromatic N) is 2. The van der Waals surface area contributed by atoms with E-state index in [0.717, 1.165) is 0 Å². The molecule has 0 aliphatic carbocycles. The highest BCUT2D eigenvalue weighted by molar-refractivity contribution is 7.25. The minimum atomic E-state index is 1.19. The van der Waals surface area contributed by atoms with E-state index in [1.807, 2.05) is 11.3 Å². The van der Waals surface area contributed by atoms with E-state index in [2.05, 4.69) is 179 Å². The maximum atomic E-state index is 2.49. The minimum Gasteiger partial charge on any atom is -0.309 e. The van der Waals surface area contributed by atoms with E-state index < -0.39 is 0 Å². The Morgan fingerprint density at radius 3 is 1.76 bits per heavy atom. The molecule has 1 aliphatic heterocycles. The molecule has 3 heteroatoms. The van der Waals surface area contributed by atoms with Gasteiger partial charge in [0, 0.05) is 58.5 Å². The lowest BCUT2D eigenvalue weighted by molar-refractivity contribution is 1.19. The van der Waals surface area contributed by atoms with Crippen LogP contribution < -0.4 is 0 Å². The first-order valence-corrected chi connectivity index (χ1v) is 18.3. The smallest absolute Gasteiger partial charge is 0.0619 e. The molecular weight excluding hydrogens is 637 g/mol. The van der Waals surface area contributed by atoms with Crippen molar-refractivity contribution in [2.24, 2.45) is 0 Å². The standard InChI is InChI=1S/C48H28N2S/c1-2-11-33-32(10-1)34-12-3-7-18-43(34)50-45-24-21-30(27-40(45)38-16-9-15-37(33)48(38)50)29-20-23-44-39(26-29)35-13-4-6-17-42(35)49(44)31-22-25-47-41(28-31)36-14-5-8-19-46(36)51-47/h1-28H. The summed E-state index contributed by atoms with van der Waals surface area (Å²) in [6.07, 6.45) is 0. The highest BCUT2D eigenvalue weighted by Gasteiger charge is 2.24. The van der Waals surface area contributed by atoms with E-state index in [4.69, 9.17) is 0 Å². The molecule has 4 heterocycles. The summed E-state index contributed by atoms with van der Waals surface area (Å²) in [6, 6.07) is 63.1. The summed E-state index contributed by atoms with van der Waals surface area (Å²) in [5.74, 6) is 0. The largest absolute Gasteiger partial charge is 0.309 e. The molecule has 0 atom stereocenters. The summed E-state index contributed by atoms with van der Waals surface area (Å²) in [5.41, 5.74) is 14.9. The third kappa shape index (κ3) is 3.71. The first-order valence-electron chi connectivity index (χ1n) is 17.5. The van der Waals surface area contributed by atoms with Crippen LogP contribution >= 0.6 is 11.3 Å². The molecule has 12 rings (SSSR count). The molecule has 3 aromatic heterocycles. The molecule has 0 radical (unpaired) electrons. The van der Waals surface area contributed by atoms with E-state index in [9.17, 15) is 0 Å². The number of benzene rings is 8. The molecule has 1 aliphatic rings. The van der Waals surface area contributed by atoms with Crippen molar-refractivity contribution in [3.05, 3.63) is 170 Å². The van der Waals surface area contributed by atoms with Gasteiger partial charge in [-0.3, -0.25) is 0 Å². The third-order valence-electron chi connectivity index (χ3n) is 11.1. The lowest BCUT2D eigenvalue weighted by Gasteiger charge is -2.12. The van der Waals surface area contributed by atoms with Crippen LogP contribution in [0.15, 0.2) is 170 Å². The topological polar surface area (TPSA) is 9.86 Å². The van der Waals surface area contributed by atoms with Gasteiger partial charge in [-0.1, -0.05) is 109 Å². The van der Waals surface area contributed by atoms with Crippen molar-refractivity contribution in [1.29, 1.82) is 0 Å². The molecule has 2 nitrogen and oxygen atoms in total. The lowest BCUT2D eigenvalue weighted by Crippen LogP contribution is -1.95. The van der Waals surface area contributed by atoms with Gasteiger partial charge in [0.1, 0.15) is 0 Å². The van der Waals surface area contributed by atoms with Gasteiger partial charge in [0.2, 0.25) is 0 Å². The van der Waals surface area contributed by atoms with Crippen LogP contribution in [0, 0.1) is 0 Å². The Morgan fingerprint density at radius 1 is 0.333 bits per heavy atom. The van der Waals surface area contributed by atoms with Crippen LogP contribution in [0.5, 0.6) is 0 Å². The molecule has 0 saturated heterocycles. The number of fused-ring (bicyclic) bond motifs is 14. The van der Waals surface area contributed by atoms with Crippen molar-refractivity contribution in [2.75, 3.05) is 0 Å². The highest BCUT2D eigenvalue weighted by atomic mass is 32.1. The van der Waals surface area contributed by atoms with Gasteiger partial charge in [0.25, 0.3) is 0 Å². The Bertz CT molecular complexity index is 3260. The molecule has 8 aromatic carbocycles. The molecule has 0 saturated carbocycles. The van der Waals surface area contributed by atoms with Gasteiger partial charge in [-0.2, -0.15) is 0 Å². The first-order chi connectivity index (χ1) is 25.3. The average molecular weight is 665 g/mol. The van der Waals surface area contributed by atoms with Gasteiger partial charge in [0.15, 0.2) is 0 Å². The van der Waals surface area contributed by atoms with E-state index >= 15 is 0 Å². The van der Waals surface area contributed by atoms with Gasteiger partial charge in [-0.05, 0) is 82.9 Å². The summed E-state index contributed by atoms with van der Waals surface area (Å²) < 4.78 is 7.58. The Kier molecular flexibility index (Phi) is 5.41. The second-order valence-electron chi connectivity index (χ2n) is 13.7. The first kappa shape index (κ1) is 27.4. The van der Waals surface area contributed by atoms with Crippen LogP contribution in [-0.4, -0.2) is 9.13 Å².